The molecule has 1 unspecified atom stereocenters. The van der Waals surface area contributed by atoms with Gasteiger partial charge in [0, 0.05) is 18.7 Å². The molecular weight excluding hydrogens is 278 g/mol. The van der Waals surface area contributed by atoms with E-state index in [0.717, 1.165) is 6.07 Å². The summed E-state index contributed by atoms with van der Waals surface area (Å²) in [6, 6.07) is 3.18. The SMILES string of the molecule is CC(C)(C)OC(=O)NCC(N)c1ccc([N+](=O)[O-])c(O)c1. The van der Waals surface area contributed by atoms with Crippen LogP contribution in [0.3, 0.4) is 0 Å². The fourth-order valence-electron chi connectivity index (χ4n) is 1.55. The molecular formula is C13H19N3O5. The standard InChI is InChI=1S/C13H19N3O5/c1-13(2,3)21-12(18)15-7-9(14)8-4-5-10(16(19)20)11(17)6-8/h4-6,9,17H,7,14H2,1-3H3,(H,15,18). The number of carbonyl (C=O) groups is 1. The fraction of sp³-hybridized carbons (Fsp3) is 0.462. The third-order valence-corrected chi connectivity index (χ3v) is 2.49. The van der Waals surface area contributed by atoms with Crippen molar-refractivity contribution in [3.8, 4) is 5.75 Å². The molecule has 1 amide bonds. The van der Waals surface area contributed by atoms with Crippen LogP contribution in [0.15, 0.2) is 18.2 Å². The number of benzene rings is 1. The molecule has 116 valence electrons. The number of hydrogen-bond acceptors (Lipinski definition) is 6. The first kappa shape index (κ1) is 16.7. The summed E-state index contributed by atoms with van der Waals surface area (Å²) in [7, 11) is 0. The lowest BCUT2D eigenvalue weighted by Gasteiger charge is -2.21. The van der Waals surface area contributed by atoms with Crippen molar-refractivity contribution in [2.24, 2.45) is 5.73 Å². The lowest BCUT2D eigenvalue weighted by Crippen LogP contribution is -2.36. The topological polar surface area (TPSA) is 128 Å². The van der Waals surface area contributed by atoms with Crippen LogP contribution in [0.4, 0.5) is 10.5 Å². The molecule has 0 spiro atoms. The minimum atomic E-state index is -0.691. The van der Waals surface area contributed by atoms with Gasteiger partial charge in [0.1, 0.15) is 5.60 Å². The van der Waals surface area contributed by atoms with E-state index in [1.165, 1.54) is 12.1 Å². The van der Waals surface area contributed by atoms with Gasteiger partial charge in [-0.1, -0.05) is 6.07 Å². The summed E-state index contributed by atoms with van der Waals surface area (Å²) < 4.78 is 5.05. The number of nitrogens with one attached hydrogen (secondary N) is 1. The van der Waals surface area contributed by atoms with E-state index >= 15 is 0 Å². The molecule has 0 aromatic heterocycles. The predicted molar refractivity (Wildman–Crippen MR) is 75.9 cm³/mol. The van der Waals surface area contributed by atoms with E-state index in [0.29, 0.717) is 5.56 Å². The Bertz CT molecular complexity index is 539. The fourth-order valence-corrected chi connectivity index (χ4v) is 1.55. The van der Waals surface area contributed by atoms with Crippen LogP contribution in [0.25, 0.3) is 0 Å². The summed E-state index contributed by atoms with van der Waals surface area (Å²) in [6.45, 7) is 5.29. The van der Waals surface area contributed by atoms with Crippen molar-refractivity contribution in [3.05, 3.63) is 33.9 Å². The van der Waals surface area contributed by atoms with Crippen LogP contribution in [-0.4, -0.2) is 28.3 Å². The highest BCUT2D eigenvalue weighted by Crippen LogP contribution is 2.28. The number of nitro benzene ring substituents is 1. The number of nitro groups is 1. The molecule has 0 aliphatic rings. The van der Waals surface area contributed by atoms with Crippen molar-refractivity contribution in [2.45, 2.75) is 32.4 Å². The molecule has 1 aromatic rings. The summed E-state index contributed by atoms with van der Waals surface area (Å²) in [5, 5.41) is 22.6. The van der Waals surface area contributed by atoms with Gasteiger partial charge in [0.05, 0.1) is 4.92 Å². The number of carbonyl (C=O) groups excluding carboxylic acids is 1. The first-order valence-corrected chi connectivity index (χ1v) is 6.30. The van der Waals surface area contributed by atoms with E-state index in [2.05, 4.69) is 5.32 Å². The van der Waals surface area contributed by atoms with Crippen molar-refractivity contribution < 1.29 is 19.6 Å². The third-order valence-electron chi connectivity index (χ3n) is 2.49. The Hall–Kier alpha value is -2.35. The Morgan fingerprint density at radius 2 is 2.14 bits per heavy atom. The number of ether oxygens (including phenoxy) is 1. The highest BCUT2D eigenvalue weighted by Gasteiger charge is 2.18. The van der Waals surface area contributed by atoms with E-state index < -0.39 is 34.1 Å². The van der Waals surface area contributed by atoms with Gasteiger partial charge in [-0.15, -0.1) is 0 Å². The molecule has 1 atom stereocenters. The maximum Gasteiger partial charge on any atom is 0.407 e. The van der Waals surface area contributed by atoms with Gasteiger partial charge in [-0.05, 0) is 32.4 Å². The number of hydrogen-bond donors (Lipinski definition) is 3. The normalized spacial score (nSPS) is 12.6. The number of nitrogens with zero attached hydrogens (tertiary/aromatic N) is 1. The molecule has 1 aromatic carbocycles. The Kier molecular flexibility index (Phi) is 5.09. The Morgan fingerprint density at radius 3 is 2.62 bits per heavy atom. The van der Waals surface area contributed by atoms with Crippen molar-refractivity contribution in [3.63, 3.8) is 0 Å². The molecule has 0 radical (unpaired) electrons. The van der Waals surface area contributed by atoms with Gasteiger partial charge in [-0.3, -0.25) is 10.1 Å². The number of phenols is 1. The number of rotatable bonds is 4. The Morgan fingerprint density at radius 1 is 1.52 bits per heavy atom. The number of alkyl carbamates (subject to hydrolysis) is 1. The molecule has 1 rings (SSSR count). The molecule has 0 fully saturated rings. The van der Waals surface area contributed by atoms with Crippen LogP contribution in [0.5, 0.6) is 5.75 Å². The van der Waals surface area contributed by atoms with Crippen molar-refractivity contribution in [1.82, 2.24) is 5.32 Å². The van der Waals surface area contributed by atoms with Crippen LogP contribution in [0.1, 0.15) is 32.4 Å². The second-order valence-corrected chi connectivity index (χ2v) is 5.49. The third kappa shape index (κ3) is 5.27. The molecule has 0 bridgehead atoms. The zero-order valence-electron chi connectivity index (χ0n) is 12.1. The second kappa shape index (κ2) is 6.40. The smallest absolute Gasteiger partial charge is 0.407 e. The van der Waals surface area contributed by atoms with Gasteiger partial charge < -0.3 is 20.9 Å². The molecule has 0 aliphatic carbocycles. The number of aromatic hydroxyl groups is 1. The minimum absolute atomic E-state index is 0.0756. The summed E-state index contributed by atoms with van der Waals surface area (Å²) >= 11 is 0. The van der Waals surface area contributed by atoms with E-state index in [9.17, 15) is 20.0 Å². The average molecular weight is 297 g/mol. The number of nitrogens with two attached hydrogens (primary N) is 1. The molecule has 8 nitrogen and oxygen atoms in total. The maximum absolute atomic E-state index is 11.5. The number of amides is 1. The zero-order valence-corrected chi connectivity index (χ0v) is 12.1. The van der Waals surface area contributed by atoms with Crippen molar-refractivity contribution >= 4 is 11.8 Å². The number of phenolic OH excluding ortho intramolecular Hbond substituents is 1. The Labute approximate surface area is 122 Å². The summed E-state index contributed by atoms with van der Waals surface area (Å²) in [5.41, 5.74) is 5.31. The molecule has 4 N–H and O–H groups in total. The highest BCUT2D eigenvalue weighted by atomic mass is 16.6. The van der Waals surface area contributed by atoms with E-state index in [-0.39, 0.29) is 6.54 Å². The molecule has 0 aliphatic heterocycles. The maximum atomic E-state index is 11.5. The lowest BCUT2D eigenvalue weighted by molar-refractivity contribution is -0.385. The first-order chi connectivity index (χ1) is 9.60. The van der Waals surface area contributed by atoms with Crippen LogP contribution in [0, 0.1) is 10.1 Å². The quantitative estimate of drug-likeness (QED) is 0.574. The first-order valence-electron chi connectivity index (χ1n) is 6.30. The van der Waals surface area contributed by atoms with Gasteiger partial charge in [0.2, 0.25) is 0 Å². The van der Waals surface area contributed by atoms with E-state index in [4.69, 9.17) is 10.5 Å². The monoisotopic (exact) mass is 297 g/mol. The van der Waals surface area contributed by atoms with E-state index in [1.807, 2.05) is 0 Å². The largest absolute Gasteiger partial charge is 0.502 e. The van der Waals surface area contributed by atoms with Gasteiger partial charge in [-0.25, -0.2) is 4.79 Å². The van der Waals surface area contributed by atoms with Gasteiger partial charge >= 0.3 is 11.8 Å². The molecule has 0 heterocycles. The van der Waals surface area contributed by atoms with Crippen molar-refractivity contribution in [2.75, 3.05) is 6.54 Å². The zero-order chi connectivity index (χ0) is 16.2. The predicted octanol–water partition coefficient (Wildman–Crippen LogP) is 1.82. The van der Waals surface area contributed by atoms with Crippen LogP contribution in [-0.2, 0) is 4.74 Å². The molecule has 8 heteroatoms. The Balaban J connectivity index is 2.64. The summed E-state index contributed by atoms with van der Waals surface area (Å²) in [4.78, 5) is 21.4. The van der Waals surface area contributed by atoms with Crippen LogP contribution in [0.2, 0.25) is 0 Å². The molecule has 0 saturated carbocycles. The second-order valence-electron chi connectivity index (χ2n) is 5.49. The summed E-state index contributed by atoms with van der Waals surface area (Å²) in [6.07, 6.45) is -0.607. The van der Waals surface area contributed by atoms with Gasteiger partial charge in [0.25, 0.3) is 0 Å². The van der Waals surface area contributed by atoms with Gasteiger partial charge in [0.15, 0.2) is 5.75 Å². The van der Waals surface area contributed by atoms with Crippen LogP contribution < -0.4 is 11.1 Å². The van der Waals surface area contributed by atoms with Crippen LogP contribution >= 0.6 is 0 Å². The molecule has 21 heavy (non-hydrogen) atoms. The lowest BCUT2D eigenvalue weighted by atomic mass is 10.1. The van der Waals surface area contributed by atoms with E-state index in [1.54, 1.807) is 20.8 Å². The molecule has 0 saturated heterocycles. The summed E-state index contributed by atoms with van der Waals surface area (Å²) in [5.74, 6) is -0.467. The minimum Gasteiger partial charge on any atom is -0.502 e. The highest BCUT2D eigenvalue weighted by molar-refractivity contribution is 5.67. The average Bonchev–Trinajstić information content (AvgIpc) is 2.33. The van der Waals surface area contributed by atoms with Gasteiger partial charge in [-0.2, -0.15) is 0 Å². The van der Waals surface area contributed by atoms with Crippen molar-refractivity contribution in [1.29, 1.82) is 0 Å².